The molecule has 1 aliphatic carbocycles. The van der Waals surface area contributed by atoms with E-state index in [0.717, 1.165) is 31.6 Å². The van der Waals surface area contributed by atoms with Crippen LogP contribution in [0.25, 0.3) is 0 Å². The van der Waals surface area contributed by atoms with Crippen molar-refractivity contribution in [3.05, 3.63) is 47.0 Å². The number of fused-ring (bicyclic) bond motifs is 2. The Labute approximate surface area is 146 Å². The predicted octanol–water partition coefficient (Wildman–Crippen LogP) is 0.780. The van der Waals surface area contributed by atoms with Crippen LogP contribution in [0.1, 0.15) is 41.7 Å². The molecule has 0 radical (unpaired) electrons. The maximum atomic E-state index is 12.5. The van der Waals surface area contributed by atoms with Gasteiger partial charge in [-0.1, -0.05) is 24.3 Å². The molecule has 2 aromatic rings. The first-order valence-corrected chi connectivity index (χ1v) is 8.86. The van der Waals surface area contributed by atoms with Crippen molar-refractivity contribution in [2.45, 2.75) is 45.0 Å². The number of rotatable bonds is 4. The van der Waals surface area contributed by atoms with Crippen LogP contribution < -0.4 is 5.32 Å². The second kappa shape index (κ2) is 6.93. The van der Waals surface area contributed by atoms with Crippen molar-refractivity contribution in [2.75, 3.05) is 13.1 Å². The Morgan fingerprint density at radius 1 is 1.28 bits per heavy atom. The number of nitrogens with one attached hydrogen (secondary N) is 1. The highest BCUT2D eigenvalue weighted by Gasteiger charge is 2.25. The topological polar surface area (TPSA) is 83.3 Å². The summed E-state index contributed by atoms with van der Waals surface area (Å²) in [6, 6.07) is 8.50. The monoisotopic (exact) mass is 341 g/mol. The second-order valence-corrected chi connectivity index (χ2v) is 6.76. The first-order chi connectivity index (χ1) is 12.2. The number of benzene rings is 1. The van der Waals surface area contributed by atoms with Gasteiger partial charge in [-0.05, 0) is 30.4 Å². The highest BCUT2D eigenvalue weighted by molar-refractivity contribution is 5.78. The molecule has 2 heterocycles. The number of aliphatic hydroxyl groups is 1. The van der Waals surface area contributed by atoms with Crippen LogP contribution in [-0.4, -0.2) is 43.8 Å². The molecule has 0 spiro atoms. The van der Waals surface area contributed by atoms with E-state index >= 15 is 0 Å². The van der Waals surface area contributed by atoms with Gasteiger partial charge in [0.1, 0.15) is 12.4 Å². The average Bonchev–Trinajstić information content (AvgIpc) is 3.04. The molecular formula is C18H23N5O2. The smallest absolute Gasteiger partial charge is 0.234 e. The molecule has 0 bridgehead atoms. The first kappa shape index (κ1) is 16.2. The molecule has 1 aromatic carbocycles. The standard InChI is InChI=1S/C18H23N5O2/c24-12-17-21-20-16-10-22(8-9-23(16)17)11-18(25)19-15-7-3-5-13-4-1-2-6-14(13)15/h1-2,4,6,15,24H,3,5,7-12H2,(H,19,25). The average molecular weight is 341 g/mol. The Balaban J connectivity index is 1.37. The van der Waals surface area contributed by atoms with Gasteiger partial charge >= 0.3 is 0 Å². The Bertz CT molecular complexity index is 773. The van der Waals surface area contributed by atoms with E-state index in [4.69, 9.17) is 0 Å². The van der Waals surface area contributed by atoms with E-state index in [-0.39, 0.29) is 18.6 Å². The van der Waals surface area contributed by atoms with Crippen LogP contribution in [0.3, 0.4) is 0 Å². The summed E-state index contributed by atoms with van der Waals surface area (Å²) in [6.45, 7) is 2.31. The van der Waals surface area contributed by atoms with Crippen molar-refractivity contribution < 1.29 is 9.90 Å². The van der Waals surface area contributed by atoms with Gasteiger partial charge in [0.2, 0.25) is 5.91 Å². The van der Waals surface area contributed by atoms with Crippen LogP contribution in [0.5, 0.6) is 0 Å². The molecule has 2 N–H and O–H groups in total. The van der Waals surface area contributed by atoms with Crippen molar-refractivity contribution in [2.24, 2.45) is 0 Å². The molecule has 1 aromatic heterocycles. The minimum atomic E-state index is -0.103. The SMILES string of the molecule is O=C(CN1CCn2c(CO)nnc2C1)NC1CCCc2ccccc21. The van der Waals surface area contributed by atoms with Gasteiger partial charge in [-0.3, -0.25) is 9.69 Å². The van der Waals surface area contributed by atoms with E-state index in [9.17, 15) is 9.90 Å². The van der Waals surface area contributed by atoms with Crippen LogP contribution in [0.4, 0.5) is 0 Å². The van der Waals surface area contributed by atoms with Gasteiger partial charge in [0.05, 0.1) is 19.1 Å². The summed E-state index contributed by atoms with van der Waals surface area (Å²) in [5.74, 6) is 1.46. The molecule has 25 heavy (non-hydrogen) atoms. The van der Waals surface area contributed by atoms with Crippen molar-refractivity contribution in [3.63, 3.8) is 0 Å². The summed E-state index contributed by atoms with van der Waals surface area (Å²) >= 11 is 0. The Hall–Kier alpha value is -2.25. The van der Waals surface area contributed by atoms with Gasteiger partial charge in [0.25, 0.3) is 0 Å². The third-order valence-electron chi connectivity index (χ3n) is 5.12. The molecule has 0 fully saturated rings. The second-order valence-electron chi connectivity index (χ2n) is 6.76. The van der Waals surface area contributed by atoms with Gasteiger partial charge in [-0.15, -0.1) is 10.2 Å². The Morgan fingerprint density at radius 2 is 2.16 bits per heavy atom. The maximum Gasteiger partial charge on any atom is 0.234 e. The van der Waals surface area contributed by atoms with Crippen LogP contribution in [0, 0.1) is 0 Å². The van der Waals surface area contributed by atoms with E-state index < -0.39 is 0 Å². The van der Waals surface area contributed by atoms with E-state index in [1.54, 1.807) is 0 Å². The number of aryl methyl sites for hydroxylation is 1. The molecule has 1 atom stereocenters. The molecule has 1 aliphatic heterocycles. The maximum absolute atomic E-state index is 12.5. The number of hydrogen-bond donors (Lipinski definition) is 2. The normalized spacial score (nSPS) is 20.0. The number of nitrogens with zero attached hydrogens (tertiary/aromatic N) is 4. The van der Waals surface area contributed by atoms with E-state index in [2.05, 4.69) is 38.6 Å². The minimum Gasteiger partial charge on any atom is -0.388 e. The van der Waals surface area contributed by atoms with Gasteiger partial charge in [-0.25, -0.2) is 0 Å². The number of carbonyl (C=O) groups excluding carboxylic acids is 1. The predicted molar refractivity (Wildman–Crippen MR) is 91.5 cm³/mol. The summed E-state index contributed by atoms with van der Waals surface area (Å²) in [5, 5.41) is 20.5. The zero-order valence-corrected chi connectivity index (χ0v) is 14.2. The van der Waals surface area contributed by atoms with Gasteiger partial charge in [-0.2, -0.15) is 0 Å². The van der Waals surface area contributed by atoms with Crippen LogP contribution in [-0.2, 0) is 30.9 Å². The number of aliphatic hydroxyl groups excluding tert-OH is 1. The third kappa shape index (κ3) is 3.29. The summed E-state index contributed by atoms with van der Waals surface area (Å²) in [4.78, 5) is 14.6. The highest BCUT2D eigenvalue weighted by Crippen LogP contribution is 2.29. The number of amides is 1. The molecule has 0 saturated carbocycles. The highest BCUT2D eigenvalue weighted by atomic mass is 16.3. The molecule has 7 heteroatoms. The summed E-state index contributed by atoms with van der Waals surface area (Å²) in [7, 11) is 0. The fourth-order valence-corrected chi connectivity index (χ4v) is 3.87. The fraction of sp³-hybridized carbons (Fsp3) is 0.500. The summed E-state index contributed by atoms with van der Waals surface area (Å²) in [6.07, 6.45) is 3.20. The Kier molecular flexibility index (Phi) is 4.50. The van der Waals surface area contributed by atoms with E-state index in [1.807, 2.05) is 10.6 Å². The molecule has 1 unspecified atom stereocenters. The summed E-state index contributed by atoms with van der Waals surface area (Å²) in [5.41, 5.74) is 2.61. The lowest BCUT2D eigenvalue weighted by Gasteiger charge is -2.29. The van der Waals surface area contributed by atoms with E-state index in [1.165, 1.54) is 11.1 Å². The number of carbonyl (C=O) groups is 1. The number of hydrogen-bond acceptors (Lipinski definition) is 5. The van der Waals surface area contributed by atoms with Crippen molar-refractivity contribution in [1.29, 1.82) is 0 Å². The lowest BCUT2D eigenvalue weighted by Crippen LogP contribution is -2.43. The van der Waals surface area contributed by atoms with Gasteiger partial charge < -0.3 is 15.0 Å². The largest absolute Gasteiger partial charge is 0.388 e. The van der Waals surface area contributed by atoms with Crippen molar-refractivity contribution in [1.82, 2.24) is 25.0 Å². The van der Waals surface area contributed by atoms with Gasteiger partial charge in [0.15, 0.2) is 5.82 Å². The molecule has 4 rings (SSSR count). The zero-order chi connectivity index (χ0) is 17.2. The Morgan fingerprint density at radius 3 is 3.04 bits per heavy atom. The zero-order valence-electron chi connectivity index (χ0n) is 14.2. The fourth-order valence-electron chi connectivity index (χ4n) is 3.87. The minimum absolute atomic E-state index is 0.0528. The molecular weight excluding hydrogens is 318 g/mol. The first-order valence-electron chi connectivity index (χ1n) is 8.86. The van der Waals surface area contributed by atoms with E-state index in [0.29, 0.717) is 25.5 Å². The van der Waals surface area contributed by atoms with Crippen molar-refractivity contribution >= 4 is 5.91 Å². The van der Waals surface area contributed by atoms with Crippen LogP contribution in [0.2, 0.25) is 0 Å². The molecule has 1 amide bonds. The molecule has 132 valence electrons. The summed E-state index contributed by atoms with van der Waals surface area (Å²) < 4.78 is 1.94. The molecule has 2 aliphatic rings. The number of aromatic nitrogens is 3. The molecule has 0 saturated heterocycles. The lowest BCUT2D eigenvalue weighted by atomic mass is 9.88. The van der Waals surface area contributed by atoms with Gasteiger partial charge in [0, 0.05) is 13.1 Å². The van der Waals surface area contributed by atoms with Crippen molar-refractivity contribution in [3.8, 4) is 0 Å². The lowest BCUT2D eigenvalue weighted by molar-refractivity contribution is -0.123. The quantitative estimate of drug-likeness (QED) is 0.859. The van der Waals surface area contributed by atoms with Crippen LogP contribution >= 0.6 is 0 Å². The molecule has 7 nitrogen and oxygen atoms in total. The van der Waals surface area contributed by atoms with Crippen LogP contribution in [0.15, 0.2) is 24.3 Å². The third-order valence-corrected chi connectivity index (χ3v) is 5.12.